The molecule has 1 aliphatic heterocycles. The summed E-state index contributed by atoms with van der Waals surface area (Å²) >= 11 is 2.30. The Morgan fingerprint density at radius 3 is 2.81 bits per heavy atom. The van der Waals surface area contributed by atoms with Gasteiger partial charge in [-0.15, -0.1) is 5.10 Å². The lowest BCUT2D eigenvalue weighted by atomic mass is 10.1. The van der Waals surface area contributed by atoms with E-state index in [2.05, 4.69) is 61.3 Å². The van der Waals surface area contributed by atoms with Gasteiger partial charge in [0.05, 0.1) is 7.11 Å². The number of ether oxygens (including phenoxy) is 1. The van der Waals surface area contributed by atoms with Gasteiger partial charge in [0.15, 0.2) is 5.82 Å². The van der Waals surface area contributed by atoms with Crippen molar-refractivity contribution in [3.05, 3.63) is 57.5 Å². The molecular weight excluding hydrogens is 379 g/mol. The number of rotatable bonds is 4. The Kier molecular flexibility index (Phi) is 4.23. The van der Waals surface area contributed by atoms with E-state index in [0.717, 1.165) is 30.2 Å². The number of anilines is 1. The van der Waals surface area contributed by atoms with Crippen LogP contribution in [0.1, 0.15) is 11.3 Å². The predicted octanol–water partition coefficient (Wildman–Crippen LogP) is 3.06. The molecule has 1 aromatic heterocycles. The number of nitrogens with one attached hydrogen (secondary N) is 1. The predicted molar refractivity (Wildman–Crippen MR) is 90.8 cm³/mol. The first-order valence-electron chi connectivity index (χ1n) is 6.59. The van der Waals surface area contributed by atoms with Crippen molar-refractivity contribution in [2.24, 2.45) is 0 Å². The largest absolute Gasteiger partial charge is 0.497 e. The Bertz CT molecular complexity index is 675. The zero-order chi connectivity index (χ0) is 14.7. The summed E-state index contributed by atoms with van der Waals surface area (Å²) in [7, 11) is 1.67. The van der Waals surface area contributed by atoms with Crippen LogP contribution in [0.4, 0.5) is 5.82 Å². The molecule has 0 saturated carbocycles. The zero-order valence-corrected chi connectivity index (χ0v) is 13.7. The van der Waals surface area contributed by atoms with Gasteiger partial charge in [0.2, 0.25) is 0 Å². The number of H-pyrrole nitrogens is 1. The Balaban J connectivity index is 1.80. The topological polar surface area (TPSA) is 54.0 Å². The summed E-state index contributed by atoms with van der Waals surface area (Å²) in [5, 5.41) is 11.3. The van der Waals surface area contributed by atoms with Crippen LogP contribution in [0, 0.1) is 0 Å². The highest BCUT2D eigenvalue weighted by Gasteiger charge is 2.15. The first kappa shape index (κ1) is 14.1. The molecule has 0 fully saturated rings. The lowest BCUT2D eigenvalue weighted by molar-refractivity contribution is 0.414. The summed E-state index contributed by atoms with van der Waals surface area (Å²) < 4.78 is 6.35. The van der Waals surface area contributed by atoms with E-state index in [0.29, 0.717) is 0 Å². The molecule has 0 spiro atoms. The van der Waals surface area contributed by atoms with E-state index in [4.69, 9.17) is 4.74 Å². The number of allylic oxidation sites excluding steroid dienone is 2. The molecular formula is C15H15IN4O. The number of hydrogen-bond acceptors (Lipinski definition) is 4. The number of halogens is 1. The van der Waals surface area contributed by atoms with Crippen LogP contribution in [0.3, 0.4) is 0 Å². The van der Waals surface area contributed by atoms with E-state index in [1.165, 1.54) is 9.14 Å². The van der Waals surface area contributed by atoms with Crippen molar-refractivity contribution in [2.45, 2.75) is 6.42 Å². The van der Waals surface area contributed by atoms with Crippen LogP contribution in [0.5, 0.6) is 5.75 Å². The van der Waals surface area contributed by atoms with E-state index in [1.807, 2.05) is 24.3 Å². The second-order valence-corrected chi connectivity index (χ2v) is 5.93. The van der Waals surface area contributed by atoms with Gasteiger partial charge in [0.1, 0.15) is 11.4 Å². The van der Waals surface area contributed by atoms with Gasteiger partial charge < -0.3 is 9.64 Å². The Hall–Kier alpha value is -1.83. The SMILES string of the molecule is COc1ccc(Cc2n[nH]nc2N2C=C(I)C=CC2)cc1. The van der Waals surface area contributed by atoms with Crippen molar-refractivity contribution in [1.29, 1.82) is 0 Å². The van der Waals surface area contributed by atoms with Gasteiger partial charge in [0, 0.05) is 22.7 Å². The van der Waals surface area contributed by atoms with E-state index in [-0.39, 0.29) is 0 Å². The van der Waals surface area contributed by atoms with E-state index < -0.39 is 0 Å². The first-order valence-corrected chi connectivity index (χ1v) is 7.67. The van der Waals surface area contributed by atoms with Gasteiger partial charge in [-0.2, -0.15) is 10.3 Å². The van der Waals surface area contributed by atoms with Crippen LogP contribution in [-0.4, -0.2) is 29.1 Å². The van der Waals surface area contributed by atoms with E-state index in [9.17, 15) is 0 Å². The van der Waals surface area contributed by atoms with Gasteiger partial charge in [-0.1, -0.05) is 18.2 Å². The van der Waals surface area contributed by atoms with Gasteiger partial charge in [-0.05, 0) is 46.4 Å². The normalized spacial score (nSPS) is 14.2. The second kappa shape index (κ2) is 6.30. The minimum absolute atomic E-state index is 0.737. The molecule has 0 radical (unpaired) electrons. The number of aromatic amines is 1. The van der Waals surface area contributed by atoms with Crippen LogP contribution < -0.4 is 9.64 Å². The third-order valence-corrected chi connectivity index (χ3v) is 3.90. The summed E-state index contributed by atoms with van der Waals surface area (Å²) in [6.07, 6.45) is 7.03. The van der Waals surface area contributed by atoms with Gasteiger partial charge in [0.25, 0.3) is 0 Å². The monoisotopic (exact) mass is 394 g/mol. The minimum atomic E-state index is 0.737. The maximum Gasteiger partial charge on any atom is 0.178 e. The Labute approximate surface area is 136 Å². The number of aromatic nitrogens is 3. The first-order chi connectivity index (χ1) is 10.3. The van der Waals surface area contributed by atoms with E-state index >= 15 is 0 Å². The van der Waals surface area contributed by atoms with Crippen LogP contribution in [0.25, 0.3) is 0 Å². The average Bonchev–Trinajstić information content (AvgIpc) is 2.96. The lowest BCUT2D eigenvalue weighted by Gasteiger charge is -2.19. The third kappa shape index (κ3) is 3.26. The van der Waals surface area contributed by atoms with Crippen molar-refractivity contribution < 1.29 is 4.74 Å². The number of benzene rings is 1. The van der Waals surface area contributed by atoms with Crippen molar-refractivity contribution in [3.8, 4) is 5.75 Å². The molecule has 0 amide bonds. The Morgan fingerprint density at radius 2 is 2.10 bits per heavy atom. The molecule has 0 aliphatic carbocycles. The molecule has 0 atom stereocenters. The highest BCUT2D eigenvalue weighted by Crippen LogP contribution is 2.24. The number of hydrogen-bond donors (Lipinski definition) is 1. The fourth-order valence-electron chi connectivity index (χ4n) is 2.20. The van der Waals surface area contributed by atoms with Gasteiger partial charge >= 0.3 is 0 Å². The minimum Gasteiger partial charge on any atom is -0.497 e. The summed E-state index contributed by atoms with van der Waals surface area (Å²) in [6.45, 7) is 0.814. The van der Waals surface area contributed by atoms with Crippen LogP contribution in [0.15, 0.2) is 46.2 Å². The molecule has 3 rings (SSSR count). The molecule has 108 valence electrons. The van der Waals surface area contributed by atoms with E-state index in [1.54, 1.807) is 7.11 Å². The van der Waals surface area contributed by atoms with Crippen LogP contribution in [-0.2, 0) is 6.42 Å². The van der Waals surface area contributed by atoms with Crippen molar-refractivity contribution in [1.82, 2.24) is 15.4 Å². The standard InChI is InChI=1S/C15H15IN4O/c1-21-13-6-4-11(5-7-13)9-14-15(18-19-17-14)20-8-2-3-12(16)10-20/h2-7,10H,8-9H2,1H3,(H,17,18,19). The molecule has 6 heteroatoms. The fraction of sp³-hybridized carbons (Fsp3) is 0.200. The summed E-state index contributed by atoms with van der Waals surface area (Å²) in [5.74, 6) is 1.74. The summed E-state index contributed by atoms with van der Waals surface area (Å²) in [5.41, 5.74) is 2.12. The lowest BCUT2D eigenvalue weighted by Crippen LogP contribution is -2.20. The number of nitrogens with zero attached hydrogens (tertiary/aromatic N) is 3. The maximum atomic E-state index is 5.18. The maximum absolute atomic E-state index is 5.18. The van der Waals surface area contributed by atoms with Crippen LogP contribution >= 0.6 is 22.6 Å². The van der Waals surface area contributed by atoms with Crippen molar-refractivity contribution in [2.75, 3.05) is 18.6 Å². The average molecular weight is 394 g/mol. The molecule has 1 aromatic carbocycles. The molecule has 0 unspecified atom stereocenters. The van der Waals surface area contributed by atoms with Crippen molar-refractivity contribution in [3.63, 3.8) is 0 Å². The Morgan fingerprint density at radius 1 is 1.29 bits per heavy atom. The summed E-state index contributed by atoms with van der Waals surface area (Å²) in [6, 6.07) is 8.02. The summed E-state index contributed by atoms with van der Waals surface area (Å²) in [4.78, 5) is 2.10. The molecule has 0 saturated heterocycles. The molecule has 21 heavy (non-hydrogen) atoms. The molecule has 2 heterocycles. The third-order valence-electron chi connectivity index (χ3n) is 3.26. The molecule has 2 aromatic rings. The van der Waals surface area contributed by atoms with Gasteiger partial charge in [-0.25, -0.2) is 0 Å². The molecule has 5 nitrogen and oxygen atoms in total. The molecule has 1 aliphatic rings. The highest BCUT2D eigenvalue weighted by atomic mass is 127. The smallest absolute Gasteiger partial charge is 0.178 e. The quantitative estimate of drug-likeness (QED) is 0.811. The van der Waals surface area contributed by atoms with Crippen LogP contribution in [0.2, 0.25) is 0 Å². The molecule has 0 bridgehead atoms. The van der Waals surface area contributed by atoms with Gasteiger partial charge in [-0.3, -0.25) is 0 Å². The fourth-order valence-corrected chi connectivity index (χ4v) is 2.79. The zero-order valence-electron chi connectivity index (χ0n) is 11.6. The highest BCUT2D eigenvalue weighted by molar-refractivity contribution is 14.1. The van der Waals surface area contributed by atoms with Crippen molar-refractivity contribution >= 4 is 28.4 Å². The molecule has 1 N–H and O–H groups in total. The second-order valence-electron chi connectivity index (χ2n) is 4.69. The number of methoxy groups -OCH3 is 1.